The van der Waals surface area contributed by atoms with Gasteiger partial charge in [-0.1, -0.05) is 54.3 Å². The van der Waals surface area contributed by atoms with E-state index in [2.05, 4.69) is 17.2 Å². The third-order valence-corrected chi connectivity index (χ3v) is 3.19. The third-order valence-electron chi connectivity index (χ3n) is 3.19. The summed E-state index contributed by atoms with van der Waals surface area (Å²) in [6.45, 7) is 0.319. The molecule has 2 aromatic carbocycles. The van der Waals surface area contributed by atoms with Gasteiger partial charge in [0.05, 0.1) is 12.2 Å². The highest BCUT2D eigenvalue weighted by Gasteiger charge is 1.99. The van der Waals surface area contributed by atoms with Crippen LogP contribution in [-0.2, 0) is 4.79 Å². The molecule has 0 saturated carbocycles. The summed E-state index contributed by atoms with van der Waals surface area (Å²) in [4.78, 5) is 13.7. The minimum absolute atomic E-state index is 0.149. The fraction of sp³-hybridized carbons (Fsp3) is 0.150. The van der Waals surface area contributed by atoms with Gasteiger partial charge in [0.1, 0.15) is 0 Å². The van der Waals surface area contributed by atoms with Crippen molar-refractivity contribution in [1.29, 1.82) is 0 Å². The highest BCUT2D eigenvalue weighted by Crippen LogP contribution is 2.16. The number of hydrogen-bond donors (Lipinski definition) is 1. The van der Waals surface area contributed by atoms with E-state index in [1.165, 1.54) is 6.08 Å². The van der Waals surface area contributed by atoms with Gasteiger partial charge in [0.2, 0.25) is 5.91 Å². The average Bonchev–Trinajstić information content (AvgIpc) is 2.58. The Balaban J connectivity index is 1.89. The average molecular weight is 304 g/mol. The number of amides is 1. The van der Waals surface area contributed by atoms with Gasteiger partial charge < -0.3 is 10.2 Å². The zero-order valence-electron chi connectivity index (χ0n) is 13.4. The van der Waals surface area contributed by atoms with E-state index in [1.807, 2.05) is 73.6 Å². The Morgan fingerprint density at radius 1 is 1.09 bits per heavy atom. The van der Waals surface area contributed by atoms with Crippen LogP contribution in [0, 0.1) is 11.8 Å². The summed E-state index contributed by atoms with van der Waals surface area (Å²) in [6, 6.07) is 17.6. The van der Waals surface area contributed by atoms with E-state index in [0.29, 0.717) is 6.54 Å². The Kier molecular flexibility index (Phi) is 6.02. The molecule has 2 rings (SSSR count). The predicted octanol–water partition coefficient (Wildman–Crippen LogP) is 2.93. The largest absolute Gasteiger partial charge is 0.377 e. The summed E-state index contributed by atoms with van der Waals surface area (Å²) in [7, 11) is 3.97. The lowest BCUT2D eigenvalue weighted by Crippen LogP contribution is -2.21. The second kappa shape index (κ2) is 8.45. The van der Waals surface area contributed by atoms with Crippen LogP contribution >= 0.6 is 0 Å². The second-order valence-electron chi connectivity index (χ2n) is 5.18. The summed E-state index contributed by atoms with van der Waals surface area (Å²) >= 11 is 0. The Morgan fingerprint density at radius 3 is 2.52 bits per heavy atom. The summed E-state index contributed by atoms with van der Waals surface area (Å²) < 4.78 is 0. The molecule has 0 aliphatic rings. The summed E-state index contributed by atoms with van der Waals surface area (Å²) in [5, 5.41) is 2.76. The molecule has 0 heterocycles. The van der Waals surface area contributed by atoms with Crippen LogP contribution in [0.2, 0.25) is 0 Å². The molecule has 0 atom stereocenters. The van der Waals surface area contributed by atoms with Crippen molar-refractivity contribution in [3.05, 3.63) is 71.8 Å². The number of carbonyl (C=O) groups excluding carboxylic acids is 1. The molecule has 116 valence electrons. The molecule has 3 nitrogen and oxygen atoms in total. The maximum absolute atomic E-state index is 11.7. The SMILES string of the molecule is CN(C)c1ccccc1C#CCNC(=O)/C=C/c1ccccc1. The van der Waals surface area contributed by atoms with Gasteiger partial charge in [-0.05, 0) is 23.8 Å². The second-order valence-corrected chi connectivity index (χ2v) is 5.18. The van der Waals surface area contributed by atoms with Crippen molar-refractivity contribution in [2.45, 2.75) is 0 Å². The molecule has 1 N–H and O–H groups in total. The van der Waals surface area contributed by atoms with Crippen molar-refractivity contribution in [3.63, 3.8) is 0 Å². The maximum Gasteiger partial charge on any atom is 0.244 e. The van der Waals surface area contributed by atoms with Gasteiger partial charge in [-0.25, -0.2) is 0 Å². The summed E-state index contributed by atoms with van der Waals surface area (Å²) in [5.74, 6) is 5.93. The zero-order chi connectivity index (χ0) is 16.5. The molecule has 0 spiro atoms. The molecule has 1 amide bonds. The molecule has 0 aliphatic carbocycles. The van der Waals surface area contributed by atoms with E-state index < -0.39 is 0 Å². The molecular weight excluding hydrogens is 284 g/mol. The number of rotatable bonds is 4. The molecule has 23 heavy (non-hydrogen) atoms. The molecule has 0 unspecified atom stereocenters. The van der Waals surface area contributed by atoms with Crippen molar-refractivity contribution in [2.75, 3.05) is 25.5 Å². The zero-order valence-corrected chi connectivity index (χ0v) is 13.4. The standard InChI is InChI=1S/C20H20N2O/c1-22(2)19-13-7-6-11-18(19)12-8-16-21-20(23)15-14-17-9-4-3-5-10-17/h3-7,9-11,13-15H,16H2,1-2H3,(H,21,23)/b15-14+. The molecule has 0 fully saturated rings. The highest BCUT2D eigenvalue weighted by molar-refractivity contribution is 5.91. The summed E-state index contributed by atoms with van der Waals surface area (Å²) in [6.07, 6.45) is 3.30. The van der Waals surface area contributed by atoms with Crippen LogP contribution in [0.5, 0.6) is 0 Å². The van der Waals surface area contributed by atoms with Crippen LogP contribution in [-0.4, -0.2) is 26.5 Å². The molecule has 0 bridgehead atoms. The predicted molar refractivity (Wildman–Crippen MR) is 96.1 cm³/mol. The van der Waals surface area contributed by atoms with E-state index in [-0.39, 0.29) is 5.91 Å². The molecule has 0 radical (unpaired) electrons. The number of benzene rings is 2. The Labute approximate surface area is 137 Å². The van der Waals surface area contributed by atoms with Crippen molar-refractivity contribution >= 4 is 17.7 Å². The lowest BCUT2D eigenvalue weighted by atomic mass is 10.1. The van der Waals surface area contributed by atoms with Gasteiger partial charge in [-0.2, -0.15) is 0 Å². The first-order valence-corrected chi connectivity index (χ1v) is 7.43. The first-order chi connectivity index (χ1) is 11.2. The van der Waals surface area contributed by atoms with Gasteiger partial charge in [0.25, 0.3) is 0 Å². The molecule has 2 aromatic rings. The minimum atomic E-state index is -0.149. The van der Waals surface area contributed by atoms with Crippen molar-refractivity contribution in [1.82, 2.24) is 5.32 Å². The maximum atomic E-state index is 11.7. The number of anilines is 1. The fourth-order valence-electron chi connectivity index (χ4n) is 2.04. The van der Waals surface area contributed by atoms with E-state index in [1.54, 1.807) is 6.08 Å². The highest BCUT2D eigenvalue weighted by atomic mass is 16.1. The quantitative estimate of drug-likeness (QED) is 0.696. The first kappa shape index (κ1) is 16.4. The topological polar surface area (TPSA) is 32.3 Å². The lowest BCUT2D eigenvalue weighted by molar-refractivity contribution is -0.116. The van der Waals surface area contributed by atoms with E-state index >= 15 is 0 Å². The van der Waals surface area contributed by atoms with E-state index in [4.69, 9.17) is 0 Å². The van der Waals surface area contributed by atoms with Crippen molar-refractivity contribution in [3.8, 4) is 11.8 Å². The van der Waals surface area contributed by atoms with Crippen LogP contribution in [0.25, 0.3) is 6.08 Å². The normalized spacial score (nSPS) is 10.0. The number of carbonyl (C=O) groups is 1. The Bertz CT molecular complexity index is 737. The number of para-hydroxylation sites is 1. The van der Waals surface area contributed by atoms with Gasteiger partial charge >= 0.3 is 0 Å². The first-order valence-electron chi connectivity index (χ1n) is 7.43. The van der Waals surface area contributed by atoms with Crippen molar-refractivity contribution in [2.24, 2.45) is 0 Å². The summed E-state index contributed by atoms with van der Waals surface area (Å²) in [5.41, 5.74) is 3.01. The van der Waals surface area contributed by atoms with Crippen molar-refractivity contribution < 1.29 is 4.79 Å². The molecule has 0 aromatic heterocycles. The monoisotopic (exact) mass is 304 g/mol. The van der Waals surface area contributed by atoms with Crippen LogP contribution in [0.4, 0.5) is 5.69 Å². The fourth-order valence-corrected chi connectivity index (χ4v) is 2.04. The van der Waals surface area contributed by atoms with Crippen LogP contribution in [0.15, 0.2) is 60.7 Å². The number of nitrogens with zero attached hydrogens (tertiary/aromatic N) is 1. The lowest BCUT2D eigenvalue weighted by Gasteiger charge is -2.13. The molecule has 3 heteroatoms. The third kappa shape index (κ3) is 5.37. The van der Waals surface area contributed by atoms with Gasteiger partial charge in [-0.15, -0.1) is 0 Å². The number of hydrogen-bond acceptors (Lipinski definition) is 2. The molecular formula is C20H20N2O. The Morgan fingerprint density at radius 2 is 1.78 bits per heavy atom. The van der Waals surface area contributed by atoms with Gasteiger partial charge in [0, 0.05) is 25.7 Å². The smallest absolute Gasteiger partial charge is 0.244 e. The van der Waals surface area contributed by atoms with E-state index in [0.717, 1.165) is 16.8 Å². The molecule has 0 aliphatic heterocycles. The van der Waals surface area contributed by atoms with Crippen LogP contribution in [0.1, 0.15) is 11.1 Å². The molecule has 0 saturated heterocycles. The number of nitrogens with one attached hydrogen (secondary N) is 1. The van der Waals surface area contributed by atoms with E-state index in [9.17, 15) is 4.79 Å². The van der Waals surface area contributed by atoms with Gasteiger partial charge in [-0.3, -0.25) is 4.79 Å². The van der Waals surface area contributed by atoms with Crippen LogP contribution in [0.3, 0.4) is 0 Å². The van der Waals surface area contributed by atoms with Gasteiger partial charge in [0.15, 0.2) is 0 Å². The van der Waals surface area contributed by atoms with Crippen LogP contribution < -0.4 is 10.2 Å². The Hall–Kier alpha value is -2.99. The minimum Gasteiger partial charge on any atom is -0.377 e.